The smallest absolute Gasteiger partial charge is 0.323 e. The van der Waals surface area contributed by atoms with Gasteiger partial charge in [-0.3, -0.25) is 10.00 Å². The van der Waals surface area contributed by atoms with Crippen molar-refractivity contribution in [3.63, 3.8) is 0 Å². The van der Waals surface area contributed by atoms with Crippen LogP contribution in [0.25, 0.3) is 0 Å². The van der Waals surface area contributed by atoms with Gasteiger partial charge in [0.25, 0.3) is 0 Å². The molecule has 1 aliphatic rings. The molecule has 1 N–H and O–H groups in total. The highest BCUT2D eigenvalue weighted by molar-refractivity contribution is 5.88. The average molecular weight is 358 g/mol. The van der Waals surface area contributed by atoms with E-state index in [1.807, 2.05) is 49.0 Å². The first-order valence-corrected chi connectivity index (χ1v) is 8.85. The molecule has 0 fully saturated rings. The van der Waals surface area contributed by atoms with Crippen LogP contribution in [-0.4, -0.2) is 40.0 Å². The second-order valence-electron chi connectivity index (χ2n) is 7.09. The lowest BCUT2D eigenvalue weighted by Crippen LogP contribution is -2.44. The van der Waals surface area contributed by atoms with Gasteiger partial charge in [-0.2, -0.15) is 5.10 Å². The predicted molar refractivity (Wildman–Crippen MR) is 99.6 cm³/mol. The lowest BCUT2D eigenvalue weighted by Gasteiger charge is -2.29. The molecule has 0 unspecified atom stereocenters. The summed E-state index contributed by atoms with van der Waals surface area (Å²) in [6, 6.07) is 7.30. The minimum absolute atomic E-state index is 0.188. The van der Waals surface area contributed by atoms with Crippen LogP contribution in [0.2, 0.25) is 0 Å². The number of nitrogens with zero attached hydrogens (tertiary/aromatic N) is 3. The fraction of sp³-hybridized carbons (Fsp3) is 0.474. The molecule has 0 spiro atoms. The predicted octanol–water partition coefficient (Wildman–Crippen LogP) is 3.51. The van der Waals surface area contributed by atoms with E-state index in [9.17, 15) is 4.79 Å². The number of amides is 2. The maximum Gasteiger partial charge on any atom is 0.323 e. The molecule has 1 aromatic carbocycles. The number of methoxy groups -OCH3 is 1. The summed E-state index contributed by atoms with van der Waals surface area (Å²) in [6.07, 6.45) is 2.86. The number of benzene rings is 1. The van der Waals surface area contributed by atoms with Crippen molar-refractivity contribution in [1.82, 2.24) is 14.7 Å². The van der Waals surface area contributed by atoms with Crippen LogP contribution in [0, 0.1) is 0 Å². The van der Waals surface area contributed by atoms with Gasteiger partial charge in [0.1, 0.15) is 17.1 Å². The third-order valence-electron chi connectivity index (χ3n) is 4.21. The zero-order valence-corrected chi connectivity index (χ0v) is 15.8. The van der Waals surface area contributed by atoms with Gasteiger partial charge in [0.2, 0.25) is 0 Å². The number of anilines is 1. The summed E-state index contributed by atoms with van der Waals surface area (Å²) in [7, 11) is 1.63. The average Bonchev–Trinajstić information content (AvgIpc) is 2.96. The van der Waals surface area contributed by atoms with Gasteiger partial charge in [0.05, 0.1) is 20.2 Å². The van der Waals surface area contributed by atoms with Crippen molar-refractivity contribution in [2.75, 3.05) is 19.0 Å². The van der Waals surface area contributed by atoms with Gasteiger partial charge in [0, 0.05) is 30.4 Å². The zero-order chi connectivity index (χ0) is 18.7. The van der Waals surface area contributed by atoms with E-state index in [0.29, 0.717) is 18.9 Å². The summed E-state index contributed by atoms with van der Waals surface area (Å²) < 4.78 is 13.2. The highest BCUT2D eigenvalue weighted by Gasteiger charge is 2.32. The van der Waals surface area contributed by atoms with E-state index in [2.05, 4.69) is 17.3 Å². The van der Waals surface area contributed by atoms with E-state index in [1.165, 1.54) is 0 Å². The molecule has 2 heterocycles. The van der Waals surface area contributed by atoms with Crippen LogP contribution in [0.4, 0.5) is 10.6 Å². The van der Waals surface area contributed by atoms with Crippen molar-refractivity contribution >= 4 is 11.8 Å². The minimum Gasteiger partial charge on any atom is -0.497 e. The molecule has 2 amide bonds. The molecule has 7 heteroatoms. The molecule has 7 nitrogen and oxygen atoms in total. The molecule has 0 aliphatic carbocycles. The van der Waals surface area contributed by atoms with Crippen molar-refractivity contribution in [3.05, 3.63) is 36.0 Å². The Hall–Kier alpha value is -2.70. The number of aromatic nitrogens is 2. The van der Waals surface area contributed by atoms with Crippen LogP contribution in [0.15, 0.2) is 30.5 Å². The molecule has 0 saturated carbocycles. The first-order chi connectivity index (χ1) is 12.4. The van der Waals surface area contributed by atoms with Crippen LogP contribution in [0.1, 0.15) is 32.8 Å². The second kappa shape index (κ2) is 7.27. The Morgan fingerprint density at radius 2 is 2.19 bits per heavy atom. The first-order valence-electron chi connectivity index (χ1n) is 8.85. The standard InChI is InChI=1S/C19H26N4O3/c1-5-9-23-10-8-17(21-23)20-18(24)22-12-14-6-7-15(25-4)11-16(14)26-19(2,3)13-22/h6-8,10-11H,5,9,12-13H2,1-4H3,(H,20,21,24). The molecule has 140 valence electrons. The summed E-state index contributed by atoms with van der Waals surface area (Å²) in [5.74, 6) is 2.04. The van der Waals surface area contributed by atoms with Crippen molar-refractivity contribution in [2.45, 2.75) is 45.9 Å². The molecule has 0 radical (unpaired) electrons. The van der Waals surface area contributed by atoms with Gasteiger partial charge in [-0.25, -0.2) is 4.79 Å². The van der Waals surface area contributed by atoms with Gasteiger partial charge < -0.3 is 14.4 Å². The van der Waals surface area contributed by atoms with E-state index < -0.39 is 5.60 Å². The Morgan fingerprint density at radius 3 is 2.92 bits per heavy atom. The highest BCUT2D eigenvalue weighted by Crippen LogP contribution is 2.32. The van der Waals surface area contributed by atoms with Crippen LogP contribution in [-0.2, 0) is 13.1 Å². The second-order valence-corrected chi connectivity index (χ2v) is 7.09. The van der Waals surface area contributed by atoms with Gasteiger partial charge in [0.15, 0.2) is 5.82 Å². The first kappa shape index (κ1) is 18.1. The quantitative estimate of drug-likeness (QED) is 0.908. The number of carbonyl (C=O) groups is 1. The Bertz CT molecular complexity index is 785. The van der Waals surface area contributed by atoms with Crippen LogP contribution < -0.4 is 14.8 Å². The Balaban J connectivity index is 1.78. The zero-order valence-electron chi connectivity index (χ0n) is 15.8. The van der Waals surface area contributed by atoms with E-state index in [0.717, 1.165) is 30.0 Å². The molecule has 0 saturated heterocycles. The Morgan fingerprint density at radius 1 is 1.38 bits per heavy atom. The highest BCUT2D eigenvalue weighted by atomic mass is 16.5. The number of urea groups is 1. The molecule has 1 aromatic heterocycles. The lowest BCUT2D eigenvalue weighted by atomic mass is 10.1. The summed E-state index contributed by atoms with van der Waals surface area (Å²) >= 11 is 0. The third kappa shape index (κ3) is 4.09. The molecule has 1 aliphatic heterocycles. The third-order valence-corrected chi connectivity index (χ3v) is 4.21. The number of ether oxygens (including phenoxy) is 2. The molecule has 2 aromatic rings. The SMILES string of the molecule is CCCn1ccc(NC(=O)N2Cc3ccc(OC)cc3OC(C)(C)C2)n1. The summed E-state index contributed by atoms with van der Waals surface area (Å²) in [5, 5.41) is 7.26. The van der Waals surface area contributed by atoms with E-state index in [4.69, 9.17) is 9.47 Å². The number of fused-ring (bicyclic) bond motifs is 1. The van der Waals surface area contributed by atoms with Crippen molar-refractivity contribution < 1.29 is 14.3 Å². The molecular formula is C19H26N4O3. The normalized spacial score (nSPS) is 15.6. The lowest BCUT2D eigenvalue weighted by molar-refractivity contribution is 0.0833. The summed E-state index contributed by atoms with van der Waals surface area (Å²) in [6.45, 7) is 7.78. The summed E-state index contributed by atoms with van der Waals surface area (Å²) in [5.41, 5.74) is 0.430. The summed E-state index contributed by atoms with van der Waals surface area (Å²) in [4.78, 5) is 14.5. The van der Waals surface area contributed by atoms with E-state index in [-0.39, 0.29) is 6.03 Å². The number of nitrogens with one attached hydrogen (secondary N) is 1. The van der Waals surface area contributed by atoms with Gasteiger partial charge in [-0.05, 0) is 32.4 Å². The van der Waals surface area contributed by atoms with Crippen molar-refractivity contribution in [2.24, 2.45) is 0 Å². The van der Waals surface area contributed by atoms with Crippen molar-refractivity contribution in [1.29, 1.82) is 0 Å². The van der Waals surface area contributed by atoms with Crippen LogP contribution >= 0.6 is 0 Å². The van der Waals surface area contributed by atoms with Crippen molar-refractivity contribution in [3.8, 4) is 11.5 Å². The largest absolute Gasteiger partial charge is 0.497 e. The van der Waals surface area contributed by atoms with E-state index >= 15 is 0 Å². The molecule has 0 atom stereocenters. The number of hydrogen-bond donors (Lipinski definition) is 1. The fourth-order valence-corrected chi connectivity index (χ4v) is 3.05. The maximum atomic E-state index is 12.8. The minimum atomic E-state index is -0.517. The van der Waals surface area contributed by atoms with Crippen LogP contribution in [0.3, 0.4) is 0 Å². The molecule has 0 bridgehead atoms. The molecule has 26 heavy (non-hydrogen) atoms. The number of carbonyl (C=O) groups excluding carboxylic acids is 1. The molecule has 3 rings (SSSR count). The fourth-order valence-electron chi connectivity index (χ4n) is 3.05. The van der Waals surface area contributed by atoms with Gasteiger partial charge in [-0.15, -0.1) is 0 Å². The topological polar surface area (TPSA) is 68.6 Å². The number of rotatable bonds is 4. The number of hydrogen-bond acceptors (Lipinski definition) is 4. The van der Waals surface area contributed by atoms with Gasteiger partial charge in [-0.1, -0.05) is 6.92 Å². The van der Waals surface area contributed by atoms with E-state index in [1.54, 1.807) is 12.0 Å². The van der Waals surface area contributed by atoms with Gasteiger partial charge >= 0.3 is 6.03 Å². The molecular weight excluding hydrogens is 332 g/mol. The monoisotopic (exact) mass is 358 g/mol. The van der Waals surface area contributed by atoms with Crippen LogP contribution in [0.5, 0.6) is 11.5 Å². The maximum absolute atomic E-state index is 12.8. The number of aryl methyl sites for hydroxylation is 1. The Kier molecular flexibility index (Phi) is 5.06. The Labute approximate surface area is 153 Å².